The molecule has 0 radical (unpaired) electrons. The van der Waals surface area contributed by atoms with E-state index in [1.807, 2.05) is 54.6 Å². The molecule has 1 aliphatic heterocycles. The number of sulfonamides is 1. The second-order valence-electron chi connectivity index (χ2n) is 7.46. The molecule has 3 aromatic rings. The first-order chi connectivity index (χ1) is 14.9. The van der Waals surface area contributed by atoms with E-state index in [1.165, 1.54) is 0 Å². The molecule has 160 valence electrons. The number of ether oxygens (including phenoxy) is 1. The quantitative estimate of drug-likeness (QED) is 0.580. The smallest absolute Gasteiger partial charge is 0.247 e. The molecule has 0 aliphatic carbocycles. The first-order valence-electron chi connectivity index (χ1n) is 10.1. The predicted octanol–water partition coefficient (Wildman–Crippen LogP) is 4.22. The maximum Gasteiger partial charge on any atom is 0.247 e. The Kier molecular flexibility index (Phi) is 5.95. The number of amides is 1. The van der Waals surface area contributed by atoms with Gasteiger partial charge >= 0.3 is 0 Å². The average Bonchev–Trinajstić information content (AvgIpc) is 2.77. The van der Waals surface area contributed by atoms with Crippen LogP contribution >= 0.6 is 0 Å². The summed E-state index contributed by atoms with van der Waals surface area (Å²) in [6, 6.07) is 23.8. The molecular formula is C24H24N2O4S. The average molecular weight is 437 g/mol. The molecular weight excluding hydrogens is 412 g/mol. The minimum atomic E-state index is -3.66. The zero-order valence-corrected chi connectivity index (χ0v) is 18.1. The van der Waals surface area contributed by atoms with Crippen LogP contribution in [-0.2, 0) is 21.2 Å². The van der Waals surface area contributed by atoms with Crippen molar-refractivity contribution in [3.05, 3.63) is 84.4 Å². The van der Waals surface area contributed by atoms with Gasteiger partial charge in [0.05, 0.1) is 11.9 Å². The van der Waals surface area contributed by atoms with Crippen molar-refractivity contribution in [2.45, 2.75) is 12.8 Å². The molecule has 0 spiro atoms. The summed E-state index contributed by atoms with van der Waals surface area (Å²) in [5, 5.41) is 0. The third-order valence-electron chi connectivity index (χ3n) is 5.19. The molecule has 0 aromatic heterocycles. The number of hydrogen-bond acceptors (Lipinski definition) is 4. The van der Waals surface area contributed by atoms with E-state index in [2.05, 4.69) is 0 Å². The van der Waals surface area contributed by atoms with Gasteiger partial charge in [-0.3, -0.25) is 9.10 Å². The molecule has 0 bridgehead atoms. The fraction of sp³-hybridized carbons (Fsp3) is 0.208. The summed E-state index contributed by atoms with van der Waals surface area (Å²) in [6.07, 6.45) is 2.88. The number of hydrogen-bond donors (Lipinski definition) is 0. The van der Waals surface area contributed by atoms with Crippen LogP contribution in [0.5, 0.6) is 11.5 Å². The maximum absolute atomic E-state index is 13.1. The van der Waals surface area contributed by atoms with Gasteiger partial charge in [0.1, 0.15) is 18.0 Å². The Morgan fingerprint density at radius 2 is 1.58 bits per heavy atom. The summed E-state index contributed by atoms with van der Waals surface area (Å²) in [7, 11) is -3.66. The van der Waals surface area contributed by atoms with Crippen molar-refractivity contribution in [2.75, 3.05) is 28.6 Å². The van der Waals surface area contributed by atoms with E-state index < -0.39 is 10.0 Å². The summed E-state index contributed by atoms with van der Waals surface area (Å²) >= 11 is 0. The van der Waals surface area contributed by atoms with Crippen molar-refractivity contribution in [3.8, 4) is 11.5 Å². The highest BCUT2D eigenvalue weighted by Gasteiger charge is 2.27. The molecule has 0 fully saturated rings. The third kappa shape index (κ3) is 4.88. The monoisotopic (exact) mass is 436 g/mol. The minimum absolute atomic E-state index is 0.248. The second kappa shape index (κ2) is 8.81. The molecule has 0 N–H and O–H groups in total. The molecule has 0 atom stereocenters. The van der Waals surface area contributed by atoms with E-state index in [0.717, 1.165) is 34.7 Å². The molecule has 1 aliphatic rings. The number of anilines is 2. The summed E-state index contributed by atoms with van der Waals surface area (Å²) < 4.78 is 31.9. The number of fused-ring (bicyclic) bond motifs is 1. The molecule has 1 heterocycles. The first kappa shape index (κ1) is 20.9. The van der Waals surface area contributed by atoms with Gasteiger partial charge in [-0.25, -0.2) is 8.42 Å². The van der Waals surface area contributed by atoms with Gasteiger partial charge in [-0.05, 0) is 60.9 Å². The van der Waals surface area contributed by atoms with E-state index in [-0.39, 0.29) is 12.5 Å². The fourth-order valence-electron chi connectivity index (χ4n) is 3.71. The Balaban J connectivity index is 1.54. The normalized spacial score (nSPS) is 13.4. The molecule has 0 saturated heterocycles. The van der Waals surface area contributed by atoms with E-state index in [9.17, 15) is 13.2 Å². The molecule has 7 heteroatoms. The van der Waals surface area contributed by atoms with Gasteiger partial charge in [-0.1, -0.05) is 36.4 Å². The Morgan fingerprint density at radius 1 is 0.935 bits per heavy atom. The lowest BCUT2D eigenvalue weighted by atomic mass is 10.0. The van der Waals surface area contributed by atoms with Crippen molar-refractivity contribution in [1.29, 1.82) is 0 Å². The lowest BCUT2D eigenvalue weighted by molar-refractivity contribution is -0.117. The van der Waals surface area contributed by atoms with E-state index in [4.69, 9.17) is 4.74 Å². The highest BCUT2D eigenvalue weighted by Crippen LogP contribution is 2.29. The second-order valence-corrected chi connectivity index (χ2v) is 9.36. The number of carbonyl (C=O) groups excluding carboxylic acids is 1. The third-order valence-corrected chi connectivity index (χ3v) is 6.33. The van der Waals surface area contributed by atoms with E-state index in [1.54, 1.807) is 29.2 Å². The van der Waals surface area contributed by atoms with Gasteiger partial charge in [0, 0.05) is 12.2 Å². The molecule has 6 nitrogen and oxygen atoms in total. The maximum atomic E-state index is 13.1. The van der Waals surface area contributed by atoms with Crippen molar-refractivity contribution >= 4 is 27.3 Å². The number of nitrogens with zero attached hydrogens (tertiary/aromatic N) is 2. The highest BCUT2D eigenvalue weighted by atomic mass is 32.2. The van der Waals surface area contributed by atoms with Crippen molar-refractivity contribution in [1.82, 2.24) is 0 Å². The highest BCUT2D eigenvalue weighted by molar-refractivity contribution is 7.92. The molecule has 4 rings (SSSR count). The van der Waals surface area contributed by atoms with Crippen LogP contribution in [0.25, 0.3) is 0 Å². The Morgan fingerprint density at radius 3 is 2.29 bits per heavy atom. The van der Waals surface area contributed by atoms with Crippen LogP contribution in [0, 0.1) is 0 Å². The summed E-state index contributed by atoms with van der Waals surface area (Å²) in [6.45, 7) is 0.323. The van der Waals surface area contributed by atoms with Crippen LogP contribution in [0.15, 0.2) is 78.9 Å². The topological polar surface area (TPSA) is 66.9 Å². The SMILES string of the molecule is CS(=O)(=O)N(CC(=O)N1CCCc2ccccc21)c1ccc(Oc2ccccc2)cc1. The lowest BCUT2D eigenvalue weighted by Crippen LogP contribution is -2.44. The number of carbonyl (C=O) groups is 1. The molecule has 31 heavy (non-hydrogen) atoms. The molecule has 0 unspecified atom stereocenters. The fourth-order valence-corrected chi connectivity index (χ4v) is 4.56. The van der Waals surface area contributed by atoms with Crippen molar-refractivity contribution in [2.24, 2.45) is 0 Å². The van der Waals surface area contributed by atoms with Crippen molar-refractivity contribution < 1.29 is 17.9 Å². The van der Waals surface area contributed by atoms with Crippen LogP contribution in [0.4, 0.5) is 11.4 Å². The van der Waals surface area contributed by atoms with Crippen LogP contribution in [-0.4, -0.2) is 33.7 Å². The standard InChI is InChI=1S/C24H24N2O4S/c1-31(28,29)26(18-24(27)25-17-7-9-19-8-5-6-12-23(19)25)20-13-15-22(16-14-20)30-21-10-3-2-4-11-21/h2-6,8,10-16H,7,9,17-18H2,1H3. The van der Waals surface area contributed by atoms with E-state index >= 15 is 0 Å². The number of para-hydroxylation sites is 2. The largest absolute Gasteiger partial charge is 0.457 e. The van der Waals surface area contributed by atoms with Crippen molar-refractivity contribution in [3.63, 3.8) is 0 Å². The van der Waals surface area contributed by atoms with Crippen LogP contribution in [0.3, 0.4) is 0 Å². The zero-order chi connectivity index (χ0) is 21.8. The Labute approximate surface area is 182 Å². The number of rotatable bonds is 6. The van der Waals surface area contributed by atoms with Crippen LogP contribution in [0.1, 0.15) is 12.0 Å². The Bertz CT molecular complexity index is 1160. The first-order valence-corrected chi connectivity index (χ1v) is 12.0. The molecule has 3 aromatic carbocycles. The summed E-state index contributed by atoms with van der Waals surface area (Å²) in [5.74, 6) is 1.02. The number of benzene rings is 3. The van der Waals surface area contributed by atoms with Crippen LogP contribution in [0.2, 0.25) is 0 Å². The predicted molar refractivity (Wildman–Crippen MR) is 122 cm³/mol. The zero-order valence-electron chi connectivity index (χ0n) is 17.3. The van der Waals surface area contributed by atoms with Gasteiger partial charge in [0.25, 0.3) is 0 Å². The van der Waals surface area contributed by atoms with Gasteiger partial charge in [0.15, 0.2) is 0 Å². The van der Waals surface area contributed by atoms with Gasteiger partial charge in [0.2, 0.25) is 15.9 Å². The van der Waals surface area contributed by atoms with E-state index in [0.29, 0.717) is 23.7 Å². The lowest BCUT2D eigenvalue weighted by Gasteiger charge is -2.31. The van der Waals surface area contributed by atoms with Gasteiger partial charge < -0.3 is 9.64 Å². The van der Waals surface area contributed by atoms with Crippen LogP contribution < -0.4 is 13.9 Å². The Hall–Kier alpha value is -3.32. The summed E-state index contributed by atoms with van der Waals surface area (Å²) in [4.78, 5) is 14.8. The van der Waals surface area contributed by atoms with Gasteiger partial charge in [-0.2, -0.15) is 0 Å². The van der Waals surface area contributed by atoms with Gasteiger partial charge in [-0.15, -0.1) is 0 Å². The minimum Gasteiger partial charge on any atom is -0.457 e. The number of aryl methyl sites for hydroxylation is 1. The molecule has 0 saturated carbocycles. The molecule has 1 amide bonds. The summed E-state index contributed by atoms with van der Waals surface area (Å²) in [5.41, 5.74) is 2.38.